The van der Waals surface area contributed by atoms with E-state index in [1.54, 1.807) is 7.11 Å². The molecule has 0 spiro atoms. The van der Waals surface area contributed by atoms with E-state index in [2.05, 4.69) is 0 Å². The number of hydrogen-bond donors (Lipinski definition) is 0. The van der Waals surface area contributed by atoms with Crippen molar-refractivity contribution in [3.05, 3.63) is 35.9 Å². The van der Waals surface area contributed by atoms with Crippen LogP contribution in [0, 0.1) is 5.92 Å². The minimum Gasteiger partial charge on any atom is -0.468 e. The Labute approximate surface area is 125 Å². The number of carbonyl (C=O) groups excluding carboxylic acids is 2. The number of methoxy groups -OCH3 is 3. The Balaban J connectivity index is 3.16. The molecule has 0 saturated carbocycles. The van der Waals surface area contributed by atoms with E-state index in [9.17, 15) is 9.59 Å². The third-order valence-electron chi connectivity index (χ3n) is 3.77. The van der Waals surface area contributed by atoms with Crippen molar-refractivity contribution in [2.45, 2.75) is 25.4 Å². The van der Waals surface area contributed by atoms with Crippen molar-refractivity contribution in [1.82, 2.24) is 0 Å². The third-order valence-corrected chi connectivity index (χ3v) is 3.77. The van der Waals surface area contributed by atoms with Crippen LogP contribution in [-0.4, -0.2) is 33.3 Å². The van der Waals surface area contributed by atoms with Gasteiger partial charge in [0.1, 0.15) is 0 Å². The Bertz CT molecular complexity index is 449. The summed E-state index contributed by atoms with van der Waals surface area (Å²) < 4.78 is 15.1. The number of hydrogen-bond acceptors (Lipinski definition) is 5. The van der Waals surface area contributed by atoms with Gasteiger partial charge in [0.05, 0.1) is 19.8 Å². The van der Waals surface area contributed by atoms with E-state index in [0.717, 1.165) is 5.56 Å². The van der Waals surface area contributed by atoms with Crippen LogP contribution in [0.15, 0.2) is 30.3 Å². The number of rotatable bonds is 7. The fourth-order valence-electron chi connectivity index (χ4n) is 2.43. The van der Waals surface area contributed by atoms with Gasteiger partial charge in [0.15, 0.2) is 5.92 Å². The standard InChI is InChI=1S/C16H22O5/c1-5-16(21-4,12-9-7-6-8-10-12)11-13(14(17)19-2)15(18)20-3/h6-10,13H,5,11H2,1-4H3. The molecule has 5 nitrogen and oxygen atoms in total. The van der Waals surface area contributed by atoms with Gasteiger partial charge < -0.3 is 14.2 Å². The maximum absolute atomic E-state index is 11.9. The van der Waals surface area contributed by atoms with Crippen molar-refractivity contribution in [3.63, 3.8) is 0 Å². The van der Waals surface area contributed by atoms with E-state index in [-0.39, 0.29) is 6.42 Å². The predicted molar refractivity (Wildman–Crippen MR) is 77.6 cm³/mol. The molecule has 1 unspecified atom stereocenters. The summed E-state index contributed by atoms with van der Waals surface area (Å²) in [5.74, 6) is -2.25. The summed E-state index contributed by atoms with van der Waals surface area (Å²) >= 11 is 0. The highest BCUT2D eigenvalue weighted by Gasteiger charge is 2.40. The monoisotopic (exact) mass is 294 g/mol. The first-order valence-corrected chi connectivity index (χ1v) is 6.81. The van der Waals surface area contributed by atoms with Gasteiger partial charge in [-0.2, -0.15) is 0 Å². The van der Waals surface area contributed by atoms with Gasteiger partial charge in [-0.1, -0.05) is 37.3 Å². The van der Waals surface area contributed by atoms with Gasteiger partial charge in [0.25, 0.3) is 0 Å². The van der Waals surface area contributed by atoms with Gasteiger partial charge in [-0.3, -0.25) is 9.59 Å². The Morgan fingerprint density at radius 1 is 1.05 bits per heavy atom. The number of benzene rings is 1. The van der Waals surface area contributed by atoms with Crippen molar-refractivity contribution in [3.8, 4) is 0 Å². The zero-order valence-corrected chi connectivity index (χ0v) is 12.9. The van der Waals surface area contributed by atoms with Crippen LogP contribution in [0.3, 0.4) is 0 Å². The molecule has 0 aliphatic carbocycles. The molecule has 0 fully saturated rings. The zero-order chi connectivity index (χ0) is 15.9. The lowest BCUT2D eigenvalue weighted by atomic mass is 9.82. The molecule has 1 rings (SSSR count). The largest absolute Gasteiger partial charge is 0.468 e. The van der Waals surface area contributed by atoms with Gasteiger partial charge in [-0.25, -0.2) is 0 Å². The topological polar surface area (TPSA) is 61.8 Å². The first-order chi connectivity index (χ1) is 10.0. The van der Waals surface area contributed by atoms with E-state index in [1.165, 1.54) is 14.2 Å². The molecule has 21 heavy (non-hydrogen) atoms. The predicted octanol–water partition coefficient (Wildman–Crippen LogP) is 2.29. The van der Waals surface area contributed by atoms with Crippen molar-refractivity contribution < 1.29 is 23.8 Å². The lowest BCUT2D eigenvalue weighted by Crippen LogP contribution is -2.37. The van der Waals surface area contributed by atoms with Gasteiger partial charge in [0, 0.05) is 13.5 Å². The summed E-state index contributed by atoms with van der Waals surface area (Å²) in [5, 5.41) is 0. The molecule has 1 atom stereocenters. The van der Waals surface area contributed by atoms with E-state index >= 15 is 0 Å². The third kappa shape index (κ3) is 3.82. The Morgan fingerprint density at radius 2 is 1.57 bits per heavy atom. The molecule has 0 saturated heterocycles. The maximum Gasteiger partial charge on any atom is 0.320 e. The van der Waals surface area contributed by atoms with E-state index in [1.807, 2.05) is 37.3 Å². The second-order valence-electron chi connectivity index (χ2n) is 4.72. The lowest BCUT2D eigenvalue weighted by Gasteiger charge is -2.33. The Kier molecular flexibility index (Phi) is 6.37. The molecule has 0 radical (unpaired) electrons. The van der Waals surface area contributed by atoms with Crippen LogP contribution < -0.4 is 0 Å². The van der Waals surface area contributed by atoms with E-state index in [4.69, 9.17) is 14.2 Å². The molecule has 0 heterocycles. The van der Waals surface area contributed by atoms with Crippen molar-refractivity contribution >= 4 is 11.9 Å². The summed E-state index contributed by atoms with van der Waals surface area (Å²) in [5.41, 5.74) is 0.168. The smallest absolute Gasteiger partial charge is 0.320 e. The van der Waals surface area contributed by atoms with Crippen LogP contribution in [0.5, 0.6) is 0 Å². The summed E-state index contributed by atoms with van der Waals surface area (Å²) in [6, 6.07) is 9.52. The van der Waals surface area contributed by atoms with Crippen molar-refractivity contribution in [2.75, 3.05) is 21.3 Å². The number of esters is 2. The molecule has 0 N–H and O–H groups in total. The molecule has 0 aromatic heterocycles. The maximum atomic E-state index is 11.9. The van der Waals surface area contributed by atoms with Crippen LogP contribution in [0.1, 0.15) is 25.3 Å². The average molecular weight is 294 g/mol. The second-order valence-corrected chi connectivity index (χ2v) is 4.72. The van der Waals surface area contributed by atoms with E-state index in [0.29, 0.717) is 6.42 Å². The first kappa shape index (κ1) is 17.2. The SMILES string of the molecule is CCC(CC(C(=O)OC)C(=O)OC)(OC)c1ccccc1. The van der Waals surface area contributed by atoms with Gasteiger partial charge >= 0.3 is 11.9 Å². The minimum absolute atomic E-state index is 0.170. The van der Waals surface area contributed by atoms with Crippen LogP contribution in [0.2, 0.25) is 0 Å². The highest BCUT2D eigenvalue weighted by atomic mass is 16.5. The molecular weight excluding hydrogens is 272 g/mol. The van der Waals surface area contributed by atoms with Crippen LogP contribution in [0.25, 0.3) is 0 Å². The number of ether oxygens (including phenoxy) is 3. The van der Waals surface area contributed by atoms with E-state index < -0.39 is 23.5 Å². The van der Waals surface area contributed by atoms with Gasteiger partial charge in [-0.05, 0) is 12.0 Å². The Morgan fingerprint density at radius 3 is 1.95 bits per heavy atom. The van der Waals surface area contributed by atoms with Gasteiger partial charge in [0.2, 0.25) is 0 Å². The number of carbonyl (C=O) groups is 2. The molecule has 0 bridgehead atoms. The summed E-state index contributed by atoms with van der Waals surface area (Å²) in [6.45, 7) is 1.95. The molecule has 1 aromatic rings. The molecule has 0 amide bonds. The average Bonchev–Trinajstić information content (AvgIpc) is 2.56. The molecule has 0 aliphatic rings. The minimum atomic E-state index is -1.01. The van der Waals surface area contributed by atoms with Gasteiger partial charge in [-0.15, -0.1) is 0 Å². The second kappa shape index (κ2) is 7.78. The van der Waals surface area contributed by atoms with Crippen LogP contribution in [0.4, 0.5) is 0 Å². The highest BCUT2D eigenvalue weighted by molar-refractivity contribution is 5.94. The molecule has 1 aromatic carbocycles. The summed E-state index contributed by atoms with van der Waals surface area (Å²) in [4.78, 5) is 23.7. The fraction of sp³-hybridized carbons (Fsp3) is 0.500. The summed E-state index contributed by atoms with van der Waals surface area (Å²) in [7, 11) is 4.07. The molecular formula is C16H22O5. The molecule has 0 aliphatic heterocycles. The normalized spacial score (nSPS) is 13.6. The highest BCUT2D eigenvalue weighted by Crippen LogP contribution is 2.36. The Hall–Kier alpha value is -1.88. The quantitative estimate of drug-likeness (QED) is 0.570. The molecule has 116 valence electrons. The van der Waals surface area contributed by atoms with Crippen molar-refractivity contribution in [2.24, 2.45) is 5.92 Å². The van der Waals surface area contributed by atoms with Crippen LogP contribution in [-0.2, 0) is 29.4 Å². The molecule has 5 heteroatoms. The zero-order valence-electron chi connectivity index (χ0n) is 12.9. The fourth-order valence-corrected chi connectivity index (χ4v) is 2.43. The first-order valence-electron chi connectivity index (χ1n) is 6.81. The van der Waals surface area contributed by atoms with Crippen LogP contribution >= 0.6 is 0 Å². The van der Waals surface area contributed by atoms with Crippen molar-refractivity contribution in [1.29, 1.82) is 0 Å². The summed E-state index contributed by atoms with van der Waals surface area (Å²) in [6.07, 6.45) is 0.779. The lowest BCUT2D eigenvalue weighted by molar-refractivity contribution is -0.163.